The van der Waals surface area contributed by atoms with Crippen molar-refractivity contribution < 1.29 is 0 Å². The first-order valence-corrected chi connectivity index (χ1v) is 5.68. The van der Waals surface area contributed by atoms with Crippen LogP contribution in [0.5, 0.6) is 0 Å². The maximum Gasteiger partial charge on any atom is 0.279 e. The molecule has 0 spiro atoms. The molecule has 6 nitrogen and oxygen atoms in total. The van der Waals surface area contributed by atoms with Crippen molar-refractivity contribution in [2.75, 3.05) is 18.4 Å². The van der Waals surface area contributed by atoms with E-state index in [0.29, 0.717) is 24.7 Å². The number of hydrogen-bond donors (Lipinski definition) is 3. The minimum Gasteiger partial charge on any atom is -0.353 e. The van der Waals surface area contributed by atoms with Crippen LogP contribution in [-0.2, 0) is 0 Å². The van der Waals surface area contributed by atoms with Crippen LogP contribution in [0.3, 0.4) is 0 Å². The molecule has 4 N–H and O–H groups in total. The smallest absolute Gasteiger partial charge is 0.279 e. The largest absolute Gasteiger partial charge is 0.353 e. The van der Waals surface area contributed by atoms with Gasteiger partial charge >= 0.3 is 0 Å². The van der Waals surface area contributed by atoms with E-state index in [1.807, 2.05) is 31.2 Å². The second-order valence-corrected chi connectivity index (χ2v) is 3.93. The van der Waals surface area contributed by atoms with E-state index in [-0.39, 0.29) is 5.56 Å². The quantitative estimate of drug-likeness (QED) is 0.729. The Bertz CT molecular complexity index is 576. The molecule has 0 fully saturated rings. The first-order chi connectivity index (χ1) is 8.70. The molecule has 0 unspecified atom stereocenters. The lowest BCUT2D eigenvalue weighted by Gasteiger charge is -2.04. The summed E-state index contributed by atoms with van der Waals surface area (Å²) in [5.74, 6) is 0.335. The van der Waals surface area contributed by atoms with Crippen molar-refractivity contribution in [2.24, 2.45) is 5.73 Å². The Morgan fingerprint density at radius 1 is 1.28 bits per heavy atom. The molecule has 2 aromatic rings. The van der Waals surface area contributed by atoms with Crippen molar-refractivity contribution >= 4 is 5.95 Å². The molecule has 0 amide bonds. The van der Waals surface area contributed by atoms with Gasteiger partial charge in [0.1, 0.15) is 0 Å². The van der Waals surface area contributed by atoms with Crippen LogP contribution in [0.25, 0.3) is 11.3 Å². The van der Waals surface area contributed by atoms with Gasteiger partial charge in [-0.3, -0.25) is 9.78 Å². The van der Waals surface area contributed by atoms with Gasteiger partial charge in [-0.05, 0) is 6.92 Å². The lowest BCUT2D eigenvalue weighted by molar-refractivity contribution is 0.918. The molecular formula is C12H15N5O. The van der Waals surface area contributed by atoms with Gasteiger partial charge in [-0.15, -0.1) is 10.2 Å². The highest BCUT2D eigenvalue weighted by molar-refractivity contribution is 5.58. The Kier molecular flexibility index (Phi) is 3.69. The van der Waals surface area contributed by atoms with Crippen molar-refractivity contribution in [3.05, 3.63) is 40.2 Å². The highest BCUT2D eigenvalue weighted by Gasteiger charge is 2.06. The molecule has 1 heterocycles. The minimum atomic E-state index is -0.270. The van der Waals surface area contributed by atoms with Crippen molar-refractivity contribution in [3.63, 3.8) is 0 Å². The van der Waals surface area contributed by atoms with Gasteiger partial charge in [0, 0.05) is 18.7 Å². The van der Waals surface area contributed by atoms with E-state index in [1.54, 1.807) is 0 Å². The van der Waals surface area contributed by atoms with Gasteiger partial charge in [-0.1, -0.05) is 29.8 Å². The average Bonchev–Trinajstić information content (AvgIpc) is 2.38. The molecule has 94 valence electrons. The summed E-state index contributed by atoms with van der Waals surface area (Å²) in [5, 5.41) is 10.7. The van der Waals surface area contributed by atoms with Crippen LogP contribution in [0.15, 0.2) is 29.1 Å². The Balaban J connectivity index is 2.30. The minimum absolute atomic E-state index is 0.270. The van der Waals surface area contributed by atoms with Crippen LogP contribution >= 0.6 is 0 Å². The molecule has 0 atom stereocenters. The summed E-state index contributed by atoms with van der Waals surface area (Å²) in [7, 11) is 0. The Labute approximate surface area is 104 Å². The maximum absolute atomic E-state index is 11.9. The van der Waals surface area contributed by atoms with Gasteiger partial charge in [-0.2, -0.15) is 0 Å². The number of hydrogen-bond acceptors (Lipinski definition) is 5. The number of aryl methyl sites for hydroxylation is 1. The van der Waals surface area contributed by atoms with E-state index in [4.69, 9.17) is 5.73 Å². The number of rotatable bonds is 4. The summed E-state index contributed by atoms with van der Waals surface area (Å²) in [4.78, 5) is 14.5. The lowest BCUT2D eigenvalue weighted by atomic mass is 10.1. The van der Waals surface area contributed by atoms with Crippen LogP contribution in [-0.4, -0.2) is 28.3 Å². The molecular weight excluding hydrogens is 230 g/mol. The summed E-state index contributed by atoms with van der Waals surface area (Å²) in [5.41, 5.74) is 7.27. The van der Waals surface area contributed by atoms with Gasteiger partial charge in [0.25, 0.3) is 5.56 Å². The van der Waals surface area contributed by atoms with Gasteiger partial charge in [0.15, 0.2) is 5.69 Å². The summed E-state index contributed by atoms with van der Waals surface area (Å²) < 4.78 is 0. The second kappa shape index (κ2) is 5.42. The third-order valence-corrected chi connectivity index (χ3v) is 2.46. The molecule has 0 bridgehead atoms. The Morgan fingerprint density at radius 2 is 2.00 bits per heavy atom. The van der Waals surface area contributed by atoms with Gasteiger partial charge in [-0.25, -0.2) is 0 Å². The fourth-order valence-electron chi connectivity index (χ4n) is 1.51. The number of benzene rings is 1. The molecule has 0 aliphatic rings. The van der Waals surface area contributed by atoms with E-state index >= 15 is 0 Å². The summed E-state index contributed by atoms with van der Waals surface area (Å²) >= 11 is 0. The Morgan fingerprint density at radius 3 is 2.61 bits per heavy atom. The SMILES string of the molecule is Cc1ccc(-c2nnc(NCCN)[nH]c2=O)cc1. The average molecular weight is 245 g/mol. The zero-order chi connectivity index (χ0) is 13.0. The monoisotopic (exact) mass is 245 g/mol. The molecule has 0 aliphatic heterocycles. The number of nitrogens with two attached hydrogens (primary N) is 1. The van der Waals surface area contributed by atoms with Gasteiger partial charge in [0.2, 0.25) is 5.95 Å². The van der Waals surface area contributed by atoms with Crippen LogP contribution in [0.4, 0.5) is 5.95 Å². The Hall–Kier alpha value is -2.21. The van der Waals surface area contributed by atoms with Crippen molar-refractivity contribution in [2.45, 2.75) is 6.92 Å². The molecule has 6 heteroatoms. The zero-order valence-corrected chi connectivity index (χ0v) is 10.1. The molecule has 0 radical (unpaired) electrons. The molecule has 0 aliphatic carbocycles. The molecule has 0 saturated carbocycles. The van der Waals surface area contributed by atoms with Crippen LogP contribution in [0.2, 0.25) is 0 Å². The number of aromatic nitrogens is 3. The molecule has 0 saturated heterocycles. The number of aromatic amines is 1. The lowest BCUT2D eigenvalue weighted by Crippen LogP contribution is -2.20. The van der Waals surface area contributed by atoms with E-state index in [0.717, 1.165) is 11.1 Å². The summed E-state index contributed by atoms with van der Waals surface area (Å²) in [6.45, 7) is 2.98. The van der Waals surface area contributed by atoms with Crippen LogP contribution in [0.1, 0.15) is 5.56 Å². The molecule has 18 heavy (non-hydrogen) atoms. The third-order valence-electron chi connectivity index (χ3n) is 2.46. The molecule has 1 aromatic carbocycles. The standard InChI is InChI=1S/C12H15N5O/c1-8-2-4-9(5-3-8)10-11(18)15-12(17-16-10)14-7-6-13/h2-5H,6-7,13H2,1H3,(H2,14,15,17,18). The second-order valence-electron chi connectivity index (χ2n) is 3.93. The van der Waals surface area contributed by atoms with Crippen molar-refractivity contribution in [1.82, 2.24) is 15.2 Å². The van der Waals surface area contributed by atoms with E-state index in [2.05, 4.69) is 20.5 Å². The first kappa shape index (κ1) is 12.3. The van der Waals surface area contributed by atoms with E-state index in [9.17, 15) is 4.79 Å². The first-order valence-electron chi connectivity index (χ1n) is 5.68. The number of nitrogens with zero attached hydrogens (tertiary/aromatic N) is 2. The number of nitrogens with one attached hydrogen (secondary N) is 2. The fraction of sp³-hybridized carbons (Fsp3) is 0.250. The predicted octanol–water partition coefficient (Wildman–Crippen LogP) is 0.511. The highest BCUT2D eigenvalue weighted by Crippen LogP contribution is 2.12. The zero-order valence-electron chi connectivity index (χ0n) is 10.1. The van der Waals surface area contributed by atoms with Gasteiger partial charge < -0.3 is 11.1 Å². The normalized spacial score (nSPS) is 10.3. The topological polar surface area (TPSA) is 96.7 Å². The van der Waals surface area contributed by atoms with E-state index < -0.39 is 0 Å². The molecule has 2 rings (SSSR count). The highest BCUT2D eigenvalue weighted by atomic mass is 16.1. The third kappa shape index (κ3) is 2.72. The summed E-state index contributed by atoms with van der Waals surface area (Å²) in [6.07, 6.45) is 0. The van der Waals surface area contributed by atoms with Crippen molar-refractivity contribution in [1.29, 1.82) is 0 Å². The van der Waals surface area contributed by atoms with Gasteiger partial charge in [0.05, 0.1) is 0 Å². The van der Waals surface area contributed by atoms with Crippen LogP contribution in [0, 0.1) is 6.92 Å². The van der Waals surface area contributed by atoms with E-state index in [1.165, 1.54) is 0 Å². The van der Waals surface area contributed by atoms with Crippen LogP contribution < -0.4 is 16.6 Å². The number of anilines is 1. The summed E-state index contributed by atoms with van der Waals surface area (Å²) in [6, 6.07) is 7.55. The maximum atomic E-state index is 11.9. The predicted molar refractivity (Wildman–Crippen MR) is 70.4 cm³/mol. The number of H-pyrrole nitrogens is 1. The van der Waals surface area contributed by atoms with Crippen molar-refractivity contribution in [3.8, 4) is 11.3 Å². The molecule has 1 aromatic heterocycles. The fourth-order valence-corrected chi connectivity index (χ4v) is 1.51.